The van der Waals surface area contributed by atoms with E-state index in [9.17, 15) is 9.59 Å². The van der Waals surface area contributed by atoms with Crippen LogP contribution in [0.25, 0.3) is 0 Å². The third kappa shape index (κ3) is 4.06. The van der Waals surface area contributed by atoms with E-state index in [1.807, 2.05) is 35.2 Å². The van der Waals surface area contributed by atoms with Gasteiger partial charge in [-0.1, -0.05) is 42.5 Å². The van der Waals surface area contributed by atoms with Gasteiger partial charge in [0, 0.05) is 32.1 Å². The molecule has 2 saturated heterocycles. The van der Waals surface area contributed by atoms with Gasteiger partial charge in [-0.2, -0.15) is 0 Å². The summed E-state index contributed by atoms with van der Waals surface area (Å²) < 4.78 is 5.33. The minimum Gasteiger partial charge on any atom is -0.495 e. The molecule has 3 aliphatic rings. The number of methoxy groups -OCH3 is 1. The van der Waals surface area contributed by atoms with Crippen LogP contribution in [0.2, 0.25) is 0 Å². The molecular weight excluding hydrogens is 402 g/mol. The molecule has 1 spiro atoms. The highest BCUT2D eigenvalue weighted by molar-refractivity contribution is 5.91. The normalized spacial score (nSPS) is 23.8. The fourth-order valence-corrected chi connectivity index (χ4v) is 5.43. The van der Waals surface area contributed by atoms with Crippen LogP contribution in [0.4, 0.5) is 10.5 Å². The first-order chi connectivity index (χ1) is 15.6. The molecule has 3 fully saturated rings. The van der Waals surface area contributed by atoms with Gasteiger partial charge in [0.15, 0.2) is 0 Å². The molecule has 2 aromatic carbocycles. The molecule has 168 valence electrons. The number of benzene rings is 2. The summed E-state index contributed by atoms with van der Waals surface area (Å²) in [5, 5.41) is 2.98. The van der Waals surface area contributed by atoms with Gasteiger partial charge in [-0.05, 0) is 54.7 Å². The third-order valence-electron chi connectivity index (χ3n) is 7.55. The maximum Gasteiger partial charge on any atom is 0.321 e. The van der Waals surface area contributed by atoms with E-state index in [-0.39, 0.29) is 17.4 Å². The summed E-state index contributed by atoms with van der Waals surface area (Å²) in [7, 11) is 1.60. The molecule has 0 unspecified atom stereocenters. The predicted octanol–water partition coefficient (Wildman–Crippen LogP) is 4.35. The van der Waals surface area contributed by atoms with Crippen LogP contribution in [0.3, 0.4) is 0 Å². The molecule has 3 amide bonds. The third-order valence-corrected chi connectivity index (χ3v) is 7.55. The summed E-state index contributed by atoms with van der Waals surface area (Å²) in [5.74, 6) is 1.53. The van der Waals surface area contributed by atoms with Crippen LogP contribution in [-0.4, -0.2) is 55.0 Å². The van der Waals surface area contributed by atoms with E-state index in [1.54, 1.807) is 7.11 Å². The number of carbonyl (C=O) groups excluding carboxylic acids is 2. The molecule has 6 heteroatoms. The van der Waals surface area contributed by atoms with Crippen molar-refractivity contribution in [2.45, 2.75) is 31.6 Å². The van der Waals surface area contributed by atoms with Crippen molar-refractivity contribution < 1.29 is 14.3 Å². The van der Waals surface area contributed by atoms with E-state index in [4.69, 9.17) is 4.74 Å². The first-order valence-electron chi connectivity index (χ1n) is 11.6. The largest absolute Gasteiger partial charge is 0.495 e. The van der Waals surface area contributed by atoms with E-state index < -0.39 is 0 Å². The van der Waals surface area contributed by atoms with Gasteiger partial charge < -0.3 is 19.9 Å². The quantitative estimate of drug-likeness (QED) is 0.780. The topological polar surface area (TPSA) is 61.9 Å². The van der Waals surface area contributed by atoms with Crippen molar-refractivity contribution in [1.82, 2.24) is 9.80 Å². The molecule has 2 heterocycles. The van der Waals surface area contributed by atoms with E-state index in [1.165, 1.54) is 5.56 Å². The second-order valence-corrected chi connectivity index (χ2v) is 9.49. The summed E-state index contributed by atoms with van der Waals surface area (Å²) >= 11 is 0. The highest BCUT2D eigenvalue weighted by Gasteiger charge is 2.49. The van der Waals surface area contributed by atoms with Gasteiger partial charge in [-0.15, -0.1) is 0 Å². The van der Waals surface area contributed by atoms with E-state index in [0.717, 1.165) is 51.9 Å². The molecule has 32 heavy (non-hydrogen) atoms. The number of hydrogen-bond acceptors (Lipinski definition) is 3. The molecule has 2 aromatic rings. The number of urea groups is 1. The second kappa shape index (κ2) is 8.49. The Kier molecular flexibility index (Phi) is 5.53. The number of carbonyl (C=O) groups is 2. The smallest absolute Gasteiger partial charge is 0.321 e. The molecule has 2 aliphatic heterocycles. The lowest BCUT2D eigenvalue weighted by Crippen LogP contribution is -2.46. The lowest BCUT2D eigenvalue weighted by atomic mass is 9.78. The number of nitrogens with zero attached hydrogens (tertiary/aromatic N) is 2. The molecule has 6 nitrogen and oxygen atoms in total. The number of likely N-dealkylation sites (tertiary alicyclic amines) is 2. The maximum absolute atomic E-state index is 13.1. The van der Waals surface area contributed by atoms with Crippen LogP contribution in [0.5, 0.6) is 5.75 Å². The summed E-state index contributed by atoms with van der Waals surface area (Å²) in [4.78, 5) is 29.8. The lowest BCUT2D eigenvalue weighted by molar-refractivity contribution is -0.132. The molecule has 1 saturated carbocycles. The Morgan fingerprint density at radius 1 is 0.938 bits per heavy atom. The highest BCUT2D eigenvalue weighted by atomic mass is 16.5. The number of amides is 3. The number of hydrogen-bond donors (Lipinski definition) is 1. The summed E-state index contributed by atoms with van der Waals surface area (Å²) in [6, 6.07) is 17.8. The molecular formula is C26H31N3O3. The molecule has 0 bridgehead atoms. The fraction of sp³-hybridized carbons (Fsp3) is 0.462. The van der Waals surface area contributed by atoms with E-state index in [2.05, 4.69) is 34.5 Å². The van der Waals surface area contributed by atoms with Gasteiger partial charge in [-0.25, -0.2) is 4.79 Å². The van der Waals surface area contributed by atoms with Gasteiger partial charge in [0.25, 0.3) is 0 Å². The Morgan fingerprint density at radius 2 is 1.59 bits per heavy atom. The number of nitrogens with one attached hydrogen (secondary N) is 1. The van der Waals surface area contributed by atoms with Crippen molar-refractivity contribution in [2.24, 2.45) is 11.3 Å². The monoisotopic (exact) mass is 433 g/mol. The Hall–Kier alpha value is -3.02. The molecule has 0 aromatic heterocycles. The van der Waals surface area contributed by atoms with E-state index in [0.29, 0.717) is 23.3 Å². The fourth-order valence-electron chi connectivity index (χ4n) is 5.43. The second-order valence-electron chi connectivity index (χ2n) is 9.49. The molecule has 0 radical (unpaired) electrons. The molecule has 2 atom stereocenters. The average molecular weight is 434 g/mol. The maximum atomic E-state index is 13.1. The van der Waals surface area contributed by atoms with Crippen LogP contribution >= 0.6 is 0 Å². The predicted molar refractivity (Wildman–Crippen MR) is 124 cm³/mol. The Bertz CT molecular complexity index is 985. The average Bonchev–Trinajstić information content (AvgIpc) is 3.54. The van der Waals surface area contributed by atoms with Gasteiger partial charge in [-0.3, -0.25) is 4.79 Å². The first-order valence-corrected chi connectivity index (χ1v) is 11.6. The zero-order chi connectivity index (χ0) is 22.1. The van der Waals surface area contributed by atoms with Crippen LogP contribution in [0.1, 0.15) is 37.2 Å². The molecule has 5 rings (SSSR count). The van der Waals surface area contributed by atoms with Crippen molar-refractivity contribution in [1.29, 1.82) is 0 Å². The highest BCUT2D eigenvalue weighted by Crippen LogP contribution is 2.50. The Morgan fingerprint density at radius 3 is 2.31 bits per heavy atom. The van der Waals surface area contributed by atoms with Crippen molar-refractivity contribution in [3.05, 3.63) is 60.2 Å². The van der Waals surface area contributed by atoms with E-state index >= 15 is 0 Å². The number of anilines is 1. The van der Waals surface area contributed by atoms with Crippen molar-refractivity contribution in [2.75, 3.05) is 38.6 Å². The molecule has 1 N–H and O–H groups in total. The van der Waals surface area contributed by atoms with Crippen LogP contribution in [0, 0.1) is 11.3 Å². The zero-order valence-corrected chi connectivity index (χ0v) is 18.6. The standard InChI is InChI=1S/C26H31N3O3/c1-32-23-10-6-5-9-22(23)27-25(31)28-14-11-26(12-15-28)13-16-29(18-26)24(30)21-17-20(21)19-7-3-2-4-8-19/h2-10,20-21H,11-18H2,1H3,(H,27,31)/t20-,21+/m0/s1. The number of piperidine rings is 1. The van der Waals surface area contributed by atoms with Crippen molar-refractivity contribution in [3.8, 4) is 5.75 Å². The minimum atomic E-state index is -0.0843. The minimum absolute atomic E-state index is 0.0843. The summed E-state index contributed by atoms with van der Waals surface area (Å²) in [6.07, 6.45) is 3.92. The number of para-hydroxylation sites is 2. The van der Waals surface area contributed by atoms with Gasteiger partial charge in [0.1, 0.15) is 5.75 Å². The van der Waals surface area contributed by atoms with Crippen LogP contribution in [-0.2, 0) is 4.79 Å². The SMILES string of the molecule is COc1ccccc1NC(=O)N1CCC2(CC1)CCN(C(=O)[C@@H]1C[C@H]1c1ccccc1)C2. The zero-order valence-electron chi connectivity index (χ0n) is 18.6. The number of rotatable bonds is 4. The van der Waals surface area contributed by atoms with Crippen molar-refractivity contribution in [3.63, 3.8) is 0 Å². The Labute approximate surface area is 189 Å². The Balaban J connectivity index is 1.14. The van der Waals surface area contributed by atoms with Crippen LogP contribution < -0.4 is 10.1 Å². The van der Waals surface area contributed by atoms with Gasteiger partial charge in [0.2, 0.25) is 5.91 Å². The van der Waals surface area contributed by atoms with Gasteiger partial charge in [0.05, 0.1) is 12.8 Å². The molecule has 1 aliphatic carbocycles. The summed E-state index contributed by atoms with van der Waals surface area (Å²) in [5.41, 5.74) is 2.14. The first kappa shape index (κ1) is 20.9. The number of ether oxygens (including phenoxy) is 1. The summed E-state index contributed by atoms with van der Waals surface area (Å²) in [6.45, 7) is 3.13. The lowest BCUT2D eigenvalue weighted by Gasteiger charge is -2.39. The van der Waals surface area contributed by atoms with Gasteiger partial charge >= 0.3 is 6.03 Å². The van der Waals surface area contributed by atoms with Crippen LogP contribution in [0.15, 0.2) is 54.6 Å². The van der Waals surface area contributed by atoms with Crippen molar-refractivity contribution >= 4 is 17.6 Å².